The highest BCUT2D eigenvalue weighted by Crippen LogP contribution is 2.41. The molecule has 1 rings (SSSR count). The molecule has 0 bridgehead atoms. The molecule has 7 heteroatoms. The molecule has 1 aliphatic heterocycles. The Morgan fingerprint density at radius 1 is 0.800 bits per heavy atom. The first kappa shape index (κ1) is 32.8. The summed E-state index contributed by atoms with van der Waals surface area (Å²) in [5, 5.41) is 0.460. The van der Waals surface area contributed by atoms with Crippen molar-refractivity contribution in [2.24, 2.45) is 0 Å². The summed E-state index contributed by atoms with van der Waals surface area (Å²) in [7, 11) is -3.83. The van der Waals surface area contributed by atoms with Crippen molar-refractivity contribution in [2.75, 3.05) is 13.2 Å². The average molecular weight is 525 g/mol. The maximum absolute atomic E-state index is 6.41. The minimum atomic E-state index is -1.73. The number of allylic oxidation sites excluding steroid dienone is 3. The van der Waals surface area contributed by atoms with Gasteiger partial charge in [-0.2, -0.15) is 0 Å². The van der Waals surface area contributed by atoms with Crippen molar-refractivity contribution >= 4 is 23.8 Å². The highest BCUT2D eigenvalue weighted by atomic mass is 28.4. The van der Waals surface area contributed by atoms with E-state index in [1.54, 1.807) is 0 Å². The predicted molar refractivity (Wildman–Crippen MR) is 158 cm³/mol. The third-order valence-electron chi connectivity index (χ3n) is 8.79. The van der Waals surface area contributed by atoms with E-state index in [0.717, 1.165) is 49.9 Å². The van der Waals surface area contributed by atoms with Crippen molar-refractivity contribution in [3.8, 4) is 0 Å². The smallest absolute Gasteiger partial charge is 0.417 e. The van der Waals surface area contributed by atoms with Crippen molar-refractivity contribution in [3.63, 3.8) is 0 Å². The van der Waals surface area contributed by atoms with Gasteiger partial charge in [0, 0.05) is 13.2 Å². The molecule has 0 unspecified atom stereocenters. The first-order chi connectivity index (χ1) is 15.5. The standard InChI is InChI=1S/C28H57BO4Si2/c1-23(19-18-22-31-35(14,15)26(5,6)7)24(29-32-27(8,9)28(10,11)33-29)20-16-17-21-30-34(12,13)25(2,3)4/h20H,1,16-19,21-22H2,2-15H3/b24-20-. The van der Waals surface area contributed by atoms with Crippen LogP contribution in [0.4, 0.5) is 0 Å². The van der Waals surface area contributed by atoms with Crippen LogP contribution >= 0.6 is 0 Å². The topological polar surface area (TPSA) is 36.9 Å². The Kier molecular flexibility index (Phi) is 11.0. The summed E-state index contributed by atoms with van der Waals surface area (Å²) in [6.45, 7) is 37.4. The lowest BCUT2D eigenvalue weighted by Crippen LogP contribution is -2.41. The molecule has 0 saturated carbocycles. The van der Waals surface area contributed by atoms with Crippen LogP contribution in [0.5, 0.6) is 0 Å². The zero-order chi connectivity index (χ0) is 27.5. The third-order valence-corrected chi connectivity index (χ3v) is 17.9. The Balaban J connectivity index is 2.82. The normalized spacial score (nSPS) is 19.4. The van der Waals surface area contributed by atoms with Gasteiger partial charge in [0.05, 0.1) is 11.2 Å². The van der Waals surface area contributed by atoms with Gasteiger partial charge in [-0.1, -0.05) is 59.8 Å². The van der Waals surface area contributed by atoms with Crippen LogP contribution in [0.25, 0.3) is 0 Å². The lowest BCUT2D eigenvalue weighted by Gasteiger charge is -2.36. The molecule has 35 heavy (non-hydrogen) atoms. The van der Waals surface area contributed by atoms with Gasteiger partial charge < -0.3 is 18.2 Å². The zero-order valence-electron chi connectivity index (χ0n) is 25.7. The molecule has 204 valence electrons. The molecule has 0 atom stereocenters. The Bertz CT molecular complexity index is 727. The van der Waals surface area contributed by atoms with E-state index in [9.17, 15) is 0 Å². The van der Waals surface area contributed by atoms with Crippen molar-refractivity contribution in [1.82, 2.24) is 0 Å². The summed E-state index contributed by atoms with van der Waals surface area (Å²) in [6.07, 6.45) is 6.01. The average Bonchev–Trinajstić information content (AvgIpc) is 2.86. The van der Waals surface area contributed by atoms with Gasteiger partial charge in [-0.05, 0) is 95.1 Å². The number of unbranched alkanes of at least 4 members (excludes halogenated alkanes) is 1. The summed E-state index contributed by atoms with van der Waals surface area (Å²) < 4.78 is 25.6. The van der Waals surface area contributed by atoms with E-state index < -0.39 is 16.6 Å². The fourth-order valence-electron chi connectivity index (χ4n) is 3.24. The van der Waals surface area contributed by atoms with Gasteiger partial charge in [0.2, 0.25) is 0 Å². The molecule has 0 aromatic heterocycles. The minimum absolute atomic E-state index is 0.226. The second-order valence-electron chi connectivity index (χ2n) is 14.3. The SMILES string of the molecule is C=C(CCCO[Si](C)(C)C(C)(C)C)/C(=C/CCCO[Si](C)(C)C(C)(C)C)B1OC(C)(C)C(C)(C)O1. The minimum Gasteiger partial charge on any atom is -0.417 e. The maximum Gasteiger partial charge on any atom is 0.494 e. The molecule has 0 aromatic rings. The first-order valence-corrected chi connectivity index (χ1v) is 19.4. The summed E-state index contributed by atoms with van der Waals surface area (Å²) in [5.41, 5.74) is 1.44. The molecule has 0 amide bonds. The molecule has 0 aliphatic carbocycles. The maximum atomic E-state index is 6.41. The van der Waals surface area contributed by atoms with Gasteiger partial charge in [-0.25, -0.2) is 0 Å². The highest BCUT2D eigenvalue weighted by molar-refractivity contribution is 6.74. The van der Waals surface area contributed by atoms with E-state index in [-0.39, 0.29) is 28.4 Å². The van der Waals surface area contributed by atoms with Gasteiger partial charge >= 0.3 is 7.12 Å². The number of hydrogen-bond donors (Lipinski definition) is 0. The molecule has 0 spiro atoms. The molecular weight excluding hydrogens is 467 g/mol. The van der Waals surface area contributed by atoms with Gasteiger partial charge in [0.15, 0.2) is 16.6 Å². The van der Waals surface area contributed by atoms with Crippen LogP contribution in [0.1, 0.15) is 94.9 Å². The first-order valence-electron chi connectivity index (χ1n) is 13.6. The summed E-state index contributed by atoms with van der Waals surface area (Å²) in [6, 6.07) is 0. The molecule has 0 N–H and O–H groups in total. The van der Waals surface area contributed by atoms with E-state index in [2.05, 4.69) is 108 Å². The van der Waals surface area contributed by atoms with Gasteiger partial charge in [0.25, 0.3) is 0 Å². The lowest BCUT2D eigenvalue weighted by atomic mass is 9.72. The summed E-state index contributed by atoms with van der Waals surface area (Å²) in [4.78, 5) is 0. The molecule has 0 aromatic carbocycles. The second-order valence-corrected chi connectivity index (χ2v) is 23.9. The highest BCUT2D eigenvalue weighted by Gasteiger charge is 2.52. The fraction of sp³-hybridized carbons (Fsp3) is 0.857. The lowest BCUT2D eigenvalue weighted by molar-refractivity contribution is 0.00578. The molecule has 1 aliphatic rings. The second kappa shape index (κ2) is 11.7. The Labute approximate surface area is 221 Å². The molecule has 1 fully saturated rings. The Morgan fingerprint density at radius 3 is 1.60 bits per heavy atom. The Morgan fingerprint density at radius 2 is 1.20 bits per heavy atom. The van der Waals surface area contributed by atoms with Crippen LogP contribution in [0.2, 0.25) is 36.3 Å². The number of hydrogen-bond acceptors (Lipinski definition) is 4. The van der Waals surface area contributed by atoms with E-state index in [4.69, 9.17) is 18.2 Å². The van der Waals surface area contributed by atoms with Crippen molar-refractivity contribution in [3.05, 3.63) is 23.7 Å². The van der Waals surface area contributed by atoms with Crippen LogP contribution in [-0.2, 0) is 18.2 Å². The van der Waals surface area contributed by atoms with Crippen LogP contribution in [0.15, 0.2) is 23.7 Å². The molecule has 1 heterocycles. The fourth-order valence-corrected chi connectivity index (χ4v) is 5.41. The summed E-state index contributed by atoms with van der Waals surface area (Å²) in [5.74, 6) is 0. The van der Waals surface area contributed by atoms with E-state index in [1.807, 2.05) is 0 Å². The molecule has 1 saturated heterocycles. The van der Waals surface area contributed by atoms with E-state index in [1.165, 1.54) is 0 Å². The zero-order valence-corrected chi connectivity index (χ0v) is 27.7. The van der Waals surface area contributed by atoms with E-state index in [0.29, 0.717) is 0 Å². The molecule has 0 radical (unpaired) electrons. The third kappa shape index (κ3) is 8.96. The van der Waals surface area contributed by atoms with Gasteiger partial charge in [0.1, 0.15) is 0 Å². The van der Waals surface area contributed by atoms with Crippen LogP contribution < -0.4 is 0 Å². The van der Waals surface area contributed by atoms with Crippen molar-refractivity contribution < 1.29 is 18.2 Å². The Hall–Kier alpha value is -0.181. The van der Waals surface area contributed by atoms with Gasteiger partial charge in [-0.15, -0.1) is 0 Å². The van der Waals surface area contributed by atoms with Crippen LogP contribution in [0, 0.1) is 0 Å². The van der Waals surface area contributed by atoms with Gasteiger partial charge in [-0.3, -0.25) is 0 Å². The van der Waals surface area contributed by atoms with Crippen molar-refractivity contribution in [2.45, 2.75) is 142 Å². The molecular formula is C28H57BO4Si2. The van der Waals surface area contributed by atoms with Crippen molar-refractivity contribution in [1.29, 1.82) is 0 Å². The quantitative estimate of drug-likeness (QED) is 0.145. The van der Waals surface area contributed by atoms with E-state index >= 15 is 0 Å². The largest absolute Gasteiger partial charge is 0.494 e. The van der Waals surface area contributed by atoms with Crippen LogP contribution in [0.3, 0.4) is 0 Å². The van der Waals surface area contributed by atoms with Crippen LogP contribution in [-0.4, -0.2) is 48.2 Å². The number of rotatable bonds is 12. The molecule has 4 nitrogen and oxygen atoms in total. The monoisotopic (exact) mass is 524 g/mol. The predicted octanol–water partition coefficient (Wildman–Crippen LogP) is 8.70. The summed E-state index contributed by atoms with van der Waals surface area (Å²) >= 11 is 0.